The van der Waals surface area contributed by atoms with Crippen LogP contribution < -0.4 is 0 Å². The normalized spacial score (nSPS) is 23.7. The van der Waals surface area contributed by atoms with Gasteiger partial charge in [-0.05, 0) is 19.3 Å². The first-order valence-corrected chi connectivity index (χ1v) is 7.40. The molecular weight excluding hydrogens is 270 g/mol. The van der Waals surface area contributed by atoms with Crippen LogP contribution in [0.3, 0.4) is 0 Å². The van der Waals surface area contributed by atoms with Crippen LogP contribution in [-0.4, -0.2) is 44.4 Å². The van der Waals surface area contributed by atoms with Gasteiger partial charge in [-0.2, -0.15) is 15.3 Å². The van der Waals surface area contributed by atoms with Gasteiger partial charge in [0, 0.05) is 37.2 Å². The van der Waals surface area contributed by atoms with E-state index >= 15 is 0 Å². The predicted molar refractivity (Wildman–Crippen MR) is 76.7 cm³/mol. The molecule has 1 amide bonds. The molecule has 4 rings (SSSR count). The molecule has 3 aliphatic heterocycles. The second-order valence-corrected chi connectivity index (χ2v) is 5.81. The van der Waals surface area contributed by atoms with Gasteiger partial charge >= 0.3 is 6.09 Å². The summed E-state index contributed by atoms with van der Waals surface area (Å²) in [6, 6.07) is 0. The number of carboxylic acid groups (broad SMARTS) is 1. The Bertz CT molecular complexity index is 661. The second kappa shape index (κ2) is 4.68. The topological polar surface area (TPSA) is 83.1 Å². The lowest BCUT2D eigenvalue weighted by atomic mass is 9.90. The molecule has 0 aliphatic carbocycles. The van der Waals surface area contributed by atoms with E-state index in [1.165, 1.54) is 4.90 Å². The van der Waals surface area contributed by atoms with E-state index in [0.29, 0.717) is 25.4 Å². The van der Waals surface area contributed by atoms with E-state index in [4.69, 9.17) is 5.10 Å². The lowest BCUT2D eigenvalue weighted by Crippen LogP contribution is -2.35. The van der Waals surface area contributed by atoms with E-state index in [1.807, 2.05) is 10.9 Å². The van der Waals surface area contributed by atoms with Gasteiger partial charge in [-0.25, -0.2) is 4.79 Å². The van der Waals surface area contributed by atoms with E-state index in [0.717, 1.165) is 48.5 Å². The van der Waals surface area contributed by atoms with Crippen molar-refractivity contribution in [3.8, 4) is 0 Å². The lowest BCUT2D eigenvalue weighted by Gasteiger charge is -2.25. The van der Waals surface area contributed by atoms with E-state index in [2.05, 4.69) is 10.2 Å². The van der Waals surface area contributed by atoms with Gasteiger partial charge < -0.3 is 10.0 Å². The Kier molecular flexibility index (Phi) is 2.80. The summed E-state index contributed by atoms with van der Waals surface area (Å²) in [6.45, 7) is 1.81. The van der Waals surface area contributed by atoms with Crippen LogP contribution in [0.1, 0.15) is 36.2 Å². The van der Waals surface area contributed by atoms with Gasteiger partial charge in [-0.15, -0.1) is 0 Å². The standard InChI is InChI=1S/C14H17N5O2/c20-14(21)18-7-4-11-10(8-18)13-12-9(3-5-15-16-12)2-1-6-19(13)17-11/h5,9H,1-4,6-8H2,(H,20,21). The van der Waals surface area contributed by atoms with Crippen LogP contribution >= 0.6 is 0 Å². The Balaban J connectivity index is 1.82. The molecule has 0 aromatic carbocycles. The Labute approximate surface area is 122 Å². The van der Waals surface area contributed by atoms with Crippen LogP contribution in [0.5, 0.6) is 0 Å². The minimum Gasteiger partial charge on any atom is -0.465 e. The smallest absolute Gasteiger partial charge is 0.407 e. The van der Waals surface area contributed by atoms with Gasteiger partial charge in [-0.1, -0.05) is 0 Å². The Morgan fingerprint density at radius 2 is 2.29 bits per heavy atom. The molecule has 3 aliphatic rings. The van der Waals surface area contributed by atoms with Crippen LogP contribution in [0, 0.1) is 5.92 Å². The maximum absolute atomic E-state index is 11.2. The second-order valence-electron chi connectivity index (χ2n) is 5.81. The lowest BCUT2D eigenvalue weighted by molar-refractivity contribution is 0.139. The number of hydrogen-bond donors (Lipinski definition) is 1. The van der Waals surface area contributed by atoms with Crippen LogP contribution in [0.4, 0.5) is 4.79 Å². The number of aromatic nitrogens is 2. The van der Waals surface area contributed by atoms with E-state index in [-0.39, 0.29) is 0 Å². The molecule has 7 nitrogen and oxygen atoms in total. The number of aryl methyl sites for hydroxylation is 1. The first-order valence-electron chi connectivity index (χ1n) is 7.40. The van der Waals surface area contributed by atoms with Crippen molar-refractivity contribution in [2.45, 2.75) is 38.8 Å². The summed E-state index contributed by atoms with van der Waals surface area (Å²) in [7, 11) is 0. The van der Waals surface area contributed by atoms with Crippen molar-refractivity contribution < 1.29 is 9.90 Å². The molecule has 0 spiro atoms. The molecule has 0 bridgehead atoms. The van der Waals surface area contributed by atoms with E-state index in [1.54, 1.807) is 0 Å². The summed E-state index contributed by atoms with van der Waals surface area (Å²) in [6.07, 6.45) is 4.77. The summed E-state index contributed by atoms with van der Waals surface area (Å²) in [5, 5.41) is 22.4. The average molecular weight is 287 g/mol. The van der Waals surface area contributed by atoms with Crippen molar-refractivity contribution >= 4 is 18.0 Å². The highest BCUT2D eigenvalue weighted by molar-refractivity contribution is 6.04. The third-order valence-corrected chi connectivity index (χ3v) is 4.56. The van der Waals surface area contributed by atoms with Gasteiger partial charge in [0.15, 0.2) is 0 Å². The fourth-order valence-corrected chi connectivity index (χ4v) is 3.49. The SMILES string of the molecule is O=C(O)N1CCc2nn3c(c2C1)C1=NN=CCC1CCC3. The van der Waals surface area contributed by atoms with Gasteiger partial charge in [0.25, 0.3) is 0 Å². The largest absolute Gasteiger partial charge is 0.465 e. The Hall–Kier alpha value is -2.18. The third kappa shape index (κ3) is 1.95. The van der Waals surface area contributed by atoms with Gasteiger partial charge in [0.2, 0.25) is 0 Å². The maximum Gasteiger partial charge on any atom is 0.407 e. The summed E-state index contributed by atoms with van der Waals surface area (Å²) in [5.41, 5.74) is 4.08. The molecule has 4 heterocycles. The van der Waals surface area contributed by atoms with Crippen molar-refractivity contribution in [1.82, 2.24) is 14.7 Å². The zero-order valence-corrected chi connectivity index (χ0v) is 11.7. The number of amides is 1. The van der Waals surface area contributed by atoms with Crippen LogP contribution in [0.25, 0.3) is 0 Å². The first-order chi connectivity index (χ1) is 10.2. The molecule has 1 aromatic heterocycles. The minimum atomic E-state index is -0.866. The number of rotatable bonds is 0. The fraction of sp³-hybridized carbons (Fsp3) is 0.571. The highest BCUT2D eigenvalue weighted by Gasteiger charge is 2.33. The number of carbonyl (C=O) groups is 1. The zero-order valence-electron chi connectivity index (χ0n) is 11.7. The third-order valence-electron chi connectivity index (χ3n) is 4.56. The van der Waals surface area contributed by atoms with Gasteiger partial charge in [0.1, 0.15) is 0 Å². The quantitative estimate of drug-likeness (QED) is 0.785. The van der Waals surface area contributed by atoms with Crippen molar-refractivity contribution in [3.63, 3.8) is 0 Å². The fourth-order valence-electron chi connectivity index (χ4n) is 3.49. The van der Waals surface area contributed by atoms with Crippen LogP contribution in [0.2, 0.25) is 0 Å². The van der Waals surface area contributed by atoms with Gasteiger partial charge in [0.05, 0.1) is 23.6 Å². The molecule has 1 N–H and O–H groups in total. The van der Waals surface area contributed by atoms with Crippen molar-refractivity contribution in [3.05, 3.63) is 17.0 Å². The number of hydrogen-bond acceptors (Lipinski definition) is 4. The molecular formula is C14H17N5O2. The Morgan fingerprint density at radius 1 is 1.38 bits per heavy atom. The van der Waals surface area contributed by atoms with E-state index in [9.17, 15) is 9.90 Å². The minimum absolute atomic E-state index is 0.393. The molecule has 0 radical (unpaired) electrons. The average Bonchev–Trinajstić information content (AvgIpc) is 2.74. The maximum atomic E-state index is 11.2. The molecule has 21 heavy (non-hydrogen) atoms. The summed E-state index contributed by atoms with van der Waals surface area (Å²) in [5.74, 6) is 0.393. The van der Waals surface area contributed by atoms with Crippen LogP contribution in [0.15, 0.2) is 10.2 Å². The van der Waals surface area contributed by atoms with Crippen molar-refractivity contribution in [1.29, 1.82) is 0 Å². The summed E-state index contributed by atoms with van der Waals surface area (Å²) in [4.78, 5) is 12.7. The first kappa shape index (κ1) is 12.6. The molecule has 1 atom stereocenters. The summed E-state index contributed by atoms with van der Waals surface area (Å²) < 4.78 is 2.02. The molecule has 0 saturated carbocycles. The molecule has 1 unspecified atom stereocenters. The molecule has 0 saturated heterocycles. The van der Waals surface area contributed by atoms with Crippen LogP contribution in [-0.2, 0) is 19.5 Å². The highest BCUT2D eigenvalue weighted by atomic mass is 16.4. The Morgan fingerprint density at radius 3 is 3.14 bits per heavy atom. The molecule has 110 valence electrons. The zero-order chi connectivity index (χ0) is 14.4. The highest BCUT2D eigenvalue weighted by Crippen LogP contribution is 2.31. The molecule has 0 fully saturated rings. The predicted octanol–water partition coefficient (Wildman–Crippen LogP) is 1.51. The van der Waals surface area contributed by atoms with Crippen molar-refractivity contribution in [2.24, 2.45) is 16.1 Å². The van der Waals surface area contributed by atoms with Gasteiger partial charge in [-0.3, -0.25) is 4.68 Å². The summed E-state index contributed by atoms with van der Waals surface area (Å²) >= 11 is 0. The monoisotopic (exact) mass is 287 g/mol. The van der Waals surface area contributed by atoms with Crippen molar-refractivity contribution in [2.75, 3.05) is 6.54 Å². The molecule has 7 heteroatoms. The van der Waals surface area contributed by atoms with E-state index < -0.39 is 6.09 Å². The number of fused-ring (bicyclic) bond motifs is 5. The molecule has 1 aromatic rings. The number of nitrogens with zero attached hydrogens (tertiary/aromatic N) is 5.